The van der Waals surface area contributed by atoms with Crippen molar-refractivity contribution in [3.05, 3.63) is 0 Å². The zero-order valence-corrected chi connectivity index (χ0v) is 7.55. The van der Waals surface area contributed by atoms with Crippen LogP contribution in [0.15, 0.2) is 0 Å². The largest absolute Gasteiger partial charge is 0.315 e. The highest BCUT2D eigenvalue weighted by atomic mass is 16.1. The standard InChI is InChI=1S/C9H16N2O/c1-2-11-5-7-3-10-4-8(6-11)9(7)12/h7-8,10H,2-6H2,1H3. The number of piperidine rings is 2. The lowest BCUT2D eigenvalue weighted by Gasteiger charge is -2.39. The van der Waals surface area contributed by atoms with Gasteiger partial charge < -0.3 is 10.2 Å². The van der Waals surface area contributed by atoms with Crippen LogP contribution >= 0.6 is 0 Å². The van der Waals surface area contributed by atoms with Crippen LogP contribution in [-0.2, 0) is 4.79 Å². The molecule has 2 heterocycles. The van der Waals surface area contributed by atoms with Crippen molar-refractivity contribution in [2.75, 3.05) is 32.7 Å². The van der Waals surface area contributed by atoms with Crippen molar-refractivity contribution < 1.29 is 4.79 Å². The Labute approximate surface area is 73.1 Å². The molecule has 2 unspecified atom stereocenters. The molecule has 2 bridgehead atoms. The van der Waals surface area contributed by atoms with Gasteiger partial charge in [-0.25, -0.2) is 0 Å². The highest BCUT2D eigenvalue weighted by Gasteiger charge is 2.37. The Morgan fingerprint density at radius 2 is 2.00 bits per heavy atom. The fourth-order valence-electron chi connectivity index (χ4n) is 2.23. The third-order valence-electron chi connectivity index (χ3n) is 2.99. The Kier molecular flexibility index (Phi) is 2.15. The van der Waals surface area contributed by atoms with Crippen LogP contribution in [0.4, 0.5) is 0 Å². The molecule has 0 amide bonds. The molecule has 1 N–H and O–H groups in total. The van der Waals surface area contributed by atoms with Crippen molar-refractivity contribution >= 4 is 5.78 Å². The first-order valence-electron chi connectivity index (χ1n) is 4.78. The number of carbonyl (C=O) groups is 1. The lowest BCUT2D eigenvalue weighted by atomic mass is 9.84. The van der Waals surface area contributed by atoms with Crippen LogP contribution in [0, 0.1) is 11.8 Å². The SMILES string of the molecule is CCN1CC2CNCC(C1)C2=O. The Bertz CT molecular complexity index is 177. The number of nitrogens with one attached hydrogen (secondary N) is 1. The predicted octanol–water partition coefficient (Wildman–Crippen LogP) is -0.273. The summed E-state index contributed by atoms with van der Waals surface area (Å²) in [6, 6.07) is 0. The molecule has 68 valence electrons. The zero-order valence-electron chi connectivity index (χ0n) is 7.55. The van der Waals surface area contributed by atoms with Gasteiger partial charge in [0.05, 0.1) is 0 Å². The minimum atomic E-state index is 0.275. The lowest BCUT2D eigenvalue weighted by molar-refractivity contribution is -0.133. The summed E-state index contributed by atoms with van der Waals surface area (Å²) in [5.41, 5.74) is 0. The average molecular weight is 168 g/mol. The van der Waals surface area contributed by atoms with Gasteiger partial charge in [-0.05, 0) is 6.54 Å². The molecule has 2 aliphatic rings. The first kappa shape index (κ1) is 8.20. The van der Waals surface area contributed by atoms with Gasteiger partial charge in [-0.1, -0.05) is 6.92 Å². The Balaban J connectivity index is 2.07. The van der Waals surface area contributed by atoms with Gasteiger partial charge in [-0.15, -0.1) is 0 Å². The number of Topliss-reactive ketones (excluding diaryl/α,β-unsaturated/α-hetero) is 1. The van der Waals surface area contributed by atoms with Gasteiger partial charge in [0.25, 0.3) is 0 Å². The molecule has 0 radical (unpaired) electrons. The maximum absolute atomic E-state index is 11.6. The van der Waals surface area contributed by atoms with Crippen molar-refractivity contribution in [1.82, 2.24) is 10.2 Å². The summed E-state index contributed by atoms with van der Waals surface area (Å²) in [5, 5.41) is 3.31. The molecule has 2 aliphatic heterocycles. The summed E-state index contributed by atoms with van der Waals surface area (Å²) in [5.74, 6) is 1.05. The van der Waals surface area contributed by atoms with E-state index in [4.69, 9.17) is 0 Å². The number of hydrogen-bond acceptors (Lipinski definition) is 3. The van der Waals surface area contributed by atoms with Crippen molar-refractivity contribution in [3.63, 3.8) is 0 Å². The van der Waals surface area contributed by atoms with Crippen LogP contribution in [0.1, 0.15) is 6.92 Å². The van der Waals surface area contributed by atoms with Gasteiger partial charge in [-0.2, -0.15) is 0 Å². The molecule has 0 aromatic carbocycles. The summed E-state index contributed by atoms with van der Waals surface area (Å²) in [4.78, 5) is 14.0. The van der Waals surface area contributed by atoms with Gasteiger partial charge >= 0.3 is 0 Å². The average Bonchev–Trinajstić information content (AvgIpc) is 2.04. The van der Waals surface area contributed by atoms with E-state index >= 15 is 0 Å². The van der Waals surface area contributed by atoms with Crippen LogP contribution in [0.2, 0.25) is 0 Å². The maximum atomic E-state index is 11.6. The number of fused-ring (bicyclic) bond motifs is 2. The highest BCUT2D eigenvalue weighted by molar-refractivity contribution is 5.85. The quantitative estimate of drug-likeness (QED) is 0.585. The minimum Gasteiger partial charge on any atom is -0.315 e. The molecule has 2 rings (SSSR count). The van der Waals surface area contributed by atoms with Gasteiger partial charge in [0.1, 0.15) is 5.78 Å². The second-order valence-corrected chi connectivity index (χ2v) is 3.81. The van der Waals surface area contributed by atoms with Crippen molar-refractivity contribution in [3.8, 4) is 0 Å². The van der Waals surface area contributed by atoms with E-state index in [9.17, 15) is 4.79 Å². The fourth-order valence-corrected chi connectivity index (χ4v) is 2.23. The molecule has 0 aromatic heterocycles. The molecule has 0 saturated carbocycles. The molecule has 2 atom stereocenters. The second-order valence-electron chi connectivity index (χ2n) is 3.81. The number of ketones is 1. The molecular weight excluding hydrogens is 152 g/mol. The molecule has 2 fully saturated rings. The van der Waals surface area contributed by atoms with Crippen molar-refractivity contribution in [1.29, 1.82) is 0 Å². The zero-order chi connectivity index (χ0) is 8.55. The number of nitrogens with zero attached hydrogens (tertiary/aromatic N) is 1. The van der Waals surface area contributed by atoms with E-state index in [1.807, 2.05) is 0 Å². The molecule has 3 nitrogen and oxygen atoms in total. The third-order valence-corrected chi connectivity index (χ3v) is 2.99. The highest BCUT2D eigenvalue weighted by Crippen LogP contribution is 2.20. The number of likely N-dealkylation sites (tertiary alicyclic amines) is 1. The first-order chi connectivity index (χ1) is 5.81. The van der Waals surface area contributed by atoms with E-state index in [2.05, 4.69) is 17.1 Å². The topological polar surface area (TPSA) is 32.3 Å². The van der Waals surface area contributed by atoms with E-state index in [0.717, 1.165) is 32.7 Å². The van der Waals surface area contributed by atoms with Crippen LogP contribution in [0.3, 0.4) is 0 Å². The fraction of sp³-hybridized carbons (Fsp3) is 0.889. The molecular formula is C9H16N2O. The molecule has 0 spiro atoms. The minimum absolute atomic E-state index is 0.275. The van der Waals surface area contributed by atoms with E-state index in [-0.39, 0.29) is 11.8 Å². The van der Waals surface area contributed by atoms with E-state index in [1.165, 1.54) is 0 Å². The van der Waals surface area contributed by atoms with Crippen LogP contribution in [-0.4, -0.2) is 43.4 Å². The van der Waals surface area contributed by atoms with E-state index in [0.29, 0.717) is 5.78 Å². The summed E-state index contributed by atoms with van der Waals surface area (Å²) in [6.45, 7) is 6.98. The lowest BCUT2D eigenvalue weighted by Crippen LogP contribution is -2.56. The Morgan fingerprint density at radius 3 is 2.50 bits per heavy atom. The third kappa shape index (κ3) is 1.27. The monoisotopic (exact) mass is 168 g/mol. The number of carbonyl (C=O) groups excluding carboxylic acids is 1. The predicted molar refractivity (Wildman–Crippen MR) is 47.0 cm³/mol. The first-order valence-corrected chi connectivity index (χ1v) is 4.78. The summed E-state index contributed by atoms with van der Waals surface area (Å²) >= 11 is 0. The molecule has 0 aliphatic carbocycles. The van der Waals surface area contributed by atoms with Gasteiger partial charge in [-0.3, -0.25) is 4.79 Å². The van der Waals surface area contributed by atoms with E-state index in [1.54, 1.807) is 0 Å². The van der Waals surface area contributed by atoms with Gasteiger partial charge in [0, 0.05) is 38.0 Å². The number of rotatable bonds is 1. The van der Waals surface area contributed by atoms with Crippen LogP contribution < -0.4 is 5.32 Å². The van der Waals surface area contributed by atoms with E-state index < -0.39 is 0 Å². The summed E-state index contributed by atoms with van der Waals surface area (Å²) in [6.07, 6.45) is 0. The van der Waals surface area contributed by atoms with Gasteiger partial charge in [0.15, 0.2) is 0 Å². The van der Waals surface area contributed by atoms with Crippen molar-refractivity contribution in [2.45, 2.75) is 6.92 Å². The molecule has 0 aromatic rings. The van der Waals surface area contributed by atoms with Gasteiger partial charge in [0.2, 0.25) is 0 Å². The molecule has 2 saturated heterocycles. The molecule has 12 heavy (non-hydrogen) atoms. The maximum Gasteiger partial charge on any atom is 0.144 e. The Hall–Kier alpha value is -0.410. The second kappa shape index (κ2) is 3.15. The normalized spacial score (nSPS) is 36.9. The van der Waals surface area contributed by atoms with Crippen LogP contribution in [0.25, 0.3) is 0 Å². The summed E-state index contributed by atoms with van der Waals surface area (Å²) < 4.78 is 0. The summed E-state index contributed by atoms with van der Waals surface area (Å²) in [7, 11) is 0. The molecule has 3 heteroatoms. The van der Waals surface area contributed by atoms with Crippen molar-refractivity contribution in [2.24, 2.45) is 11.8 Å². The number of hydrogen-bond donors (Lipinski definition) is 1. The smallest absolute Gasteiger partial charge is 0.144 e. The van der Waals surface area contributed by atoms with Crippen LogP contribution in [0.5, 0.6) is 0 Å². The Morgan fingerprint density at radius 1 is 1.42 bits per heavy atom.